The smallest absolute Gasteiger partial charge is 0.166 e. The summed E-state index contributed by atoms with van der Waals surface area (Å²) in [5.74, 6) is 0.502. The quantitative estimate of drug-likeness (QED) is 0.678. The number of allylic oxidation sites excluding steroid dienone is 6. The topological polar surface area (TPSA) is 17.1 Å². The molecular formula is C17H16O. The monoisotopic (exact) mass is 236 g/mol. The molecule has 0 unspecified atom stereocenters. The molecule has 0 amide bonds. The van der Waals surface area contributed by atoms with Crippen LogP contribution in [0, 0.1) is 11.8 Å². The summed E-state index contributed by atoms with van der Waals surface area (Å²) in [6.45, 7) is 4.20. The molecule has 1 aromatic carbocycles. The van der Waals surface area contributed by atoms with Gasteiger partial charge in [-0.15, -0.1) is 0 Å². The fraction of sp³-hybridized carbons (Fsp3) is 0.235. The molecule has 2 aliphatic rings. The summed E-state index contributed by atoms with van der Waals surface area (Å²) >= 11 is 0. The number of carbonyl (C=O) groups excluding carboxylic acids is 1. The van der Waals surface area contributed by atoms with Crippen LogP contribution in [0.1, 0.15) is 19.4 Å². The van der Waals surface area contributed by atoms with Crippen LogP contribution in [0.5, 0.6) is 0 Å². The molecule has 1 aromatic rings. The molecule has 0 fully saturated rings. The van der Waals surface area contributed by atoms with Crippen LogP contribution >= 0.6 is 0 Å². The van der Waals surface area contributed by atoms with E-state index in [4.69, 9.17) is 0 Å². The maximum atomic E-state index is 12.2. The molecule has 0 N–H and O–H groups in total. The fourth-order valence-corrected chi connectivity index (χ4v) is 2.99. The standard InChI is InChI=1S/C17H16O/c1-11(2)17-13-8-9-14(17)16(18)10-15(13)12-6-4-3-5-7-12/h3-10,13-14H,1-2H3/t13-,14+/m1/s1. The van der Waals surface area contributed by atoms with Crippen LogP contribution in [-0.2, 0) is 4.79 Å². The van der Waals surface area contributed by atoms with E-state index >= 15 is 0 Å². The Labute approximate surface area is 108 Å². The molecule has 0 saturated heterocycles. The number of hydrogen-bond acceptors (Lipinski definition) is 1. The minimum Gasteiger partial charge on any atom is -0.294 e. The van der Waals surface area contributed by atoms with Crippen molar-refractivity contribution in [3.05, 3.63) is 65.3 Å². The molecule has 1 heteroatoms. The van der Waals surface area contributed by atoms with E-state index in [1.54, 1.807) is 0 Å². The molecule has 1 nitrogen and oxygen atoms in total. The van der Waals surface area contributed by atoms with Gasteiger partial charge < -0.3 is 0 Å². The largest absolute Gasteiger partial charge is 0.294 e. The number of rotatable bonds is 1. The molecule has 2 bridgehead atoms. The zero-order chi connectivity index (χ0) is 12.7. The Hall–Kier alpha value is -1.89. The van der Waals surface area contributed by atoms with Crippen LogP contribution in [0.3, 0.4) is 0 Å². The van der Waals surface area contributed by atoms with Crippen molar-refractivity contribution in [2.75, 3.05) is 0 Å². The third kappa shape index (κ3) is 1.59. The van der Waals surface area contributed by atoms with Crippen LogP contribution in [0.25, 0.3) is 5.57 Å². The molecule has 0 spiro atoms. The number of ketones is 1. The summed E-state index contributed by atoms with van der Waals surface area (Å²) in [6.07, 6.45) is 6.07. The first-order valence-electron chi connectivity index (χ1n) is 6.35. The summed E-state index contributed by atoms with van der Waals surface area (Å²) in [6, 6.07) is 10.2. The first-order valence-corrected chi connectivity index (χ1v) is 6.35. The Morgan fingerprint density at radius 2 is 1.67 bits per heavy atom. The van der Waals surface area contributed by atoms with E-state index in [9.17, 15) is 4.79 Å². The van der Waals surface area contributed by atoms with Crippen molar-refractivity contribution in [1.29, 1.82) is 0 Å². The van der Waals surface area contributed by atoms with Crippen LogP contribution in [0.4, 0.5) is 0 Å². The van der Waals surface area contributed by atoms with Crippen molar-refractivity contribution in [3.8, 4) is 0 Å². The Balaban J connectivity index is 2.15. The molecule has 3 rings (SSSR count). The van der Waals surface area contributed by atoms with Gasteiger partial charge in [0.15, 0.2) is 5.78 Å². The van der Waals surface area contributed by atoms with Crippen LogP contribution in [0.15, 0.2) is 59.7 Å². The van der Waals surface area contributed by atoms with Gasteiger partial charge in [0.1, 0.15) is 0 Å². The summed E-state index contributed by atoms with van der Waals surface area (Å²) in [5, 5.41) is 0. The first kappa shape index (κ1) is 11.2. The lowest BCUT2D eigenvalue weighted by Gasteiger charge is -2.25. The Morgan fingerprint density at radius 1 is 1.00 bits per heavy atom. The Bertz CT molecular complexity index is 583. The molecule has 0 heterocycles. The zero-order valence-corrected chi connectivity index (χ0v) is 10.7. The number of fused-ring (bicyclic) bond motifs is 2. The molecule has 2 atom stereocenters. The Morgan fingerprint density at radius 3 is 2.33 bits per heavy atom. The molecule has 0 aromatic heterocycles. The van der Waals surface area contributed by atoms with Crippen molar-refractivity contribution in [2.45, 2.75) is 13.8 Å². The SMILES string of the molecule is CC(C)=C1[C@@H]2C=C[C@H]1C(=O)C=C2c1ccccc1. The molecule has 0 saturated carbocycles. The molecule has 2 aliphatic carbocycles. The van der Waals surface area contributed by atoms with E-state index in [0.717, 1.165) is 11.1 Å². The lowest BCUT2D eigenvalue weighted by Crippen LogP contribution is -2.20. The normalized spacial score (nSPS) is 25.3. The average molecular weight is 236 g/mol. The maximum Gasteiger partial charge on any atom is 0.166 e. The highest BCUT2D eigenvalue weighted by Gasteiger charge is 2.37. The van der Waals surface area contributed by atoms with Gasteiger partial charge in [0.05, 0.1) is 5.92 Å². The minimum absolute atomic E-state index is 0.00698. The van der Waals surface area contributed by atoms with E-state index in [-0.39, 0.29) is 11.7 Å². The second-order valence-corrected chi connectivity index (χ2v) is 5.16. The average Bonchev–Trinajstić information content (AvgIpc) is 2.74. The van der Waals surface area contributed by atoms with Crippen LogP contribution < -0.4 is 0 Å². The van der Waals surface area contributed by atoms with Gasteiger partial charge in [-0.3, -0.25) is 4.79 Å². The highest BCUT2D eigenvalue weighted by Crippen LogP contribution is 2.45. The van der Waals surface area contributed by atoms with Crippen molar-refractivity contribution in [1.82, 2.24) is 0 Å². The predicted octanol–water partition coefficient (Wildman–Crippen LogP) is 3.79. The molecule has 0 radical (unpaired) electrons. The molecule has 18 heavy (non-hydrogen) atoms. The lowest BCUT2D eigenvalue weighted by molar-refractivity contribution is -0.116. The second-order valence-electron chi connectivity index (χ2n) is 5.16. The van der Waals surface area contributed by atoms with E-state index < -0.39 is 0 Å². The van der Waals surface area contributed by atoms with Crippen molar-refractivity contribution >= 4 is 11.4 Å². The van der Waals surface area contributed by atoms with E-state index in [1.807, 2.05) is 24.3 Å². The van der Waals surface area contributed by atoms with E-state index in [2.05, 4.69) is 38.1 Å². The van der Waals surface area contributed by atoms with E-state index in [0.29, 0.717) is 5.92 Å². The first-order chi connectivity index (χ1) is 8.68. The highest BCUT2D eigenvalue weighted by molar-refractivity contribution is 6.06. The summed E-state index contributed by atoms with van der Waals surface area (Å²) in [5.41, 5.74) is 4.84. The predicted molar refractivity (Wildman–Crippen MR) is 73.9 cm³/mol. The number of hydrogen-bond donors (Lipinski definition) is 0. The molecule has 90 valence electrons. The van der Waals surface area contributed by atoms with Crippen molar-refractivity contribution < 1.29 is 4.79 Å². The second kappa shape index (κ2) is 4.09. The van der Waals surface area contributed by atoms with Crippen LogP contribution in [0.2, 0.25) is 0 Å². The third-order valence-corrected chi connectivity index (χ3v) is 3.79. The van der Waals surface area contributed by atoms with Gasteiger partial charge in [0, 0.05) is 5.92 Å². The van der Waals surface area contributed by atoms with Gasteiger partial charge in [-0.1, -0.05) is 48.1 Å². The third-order valence-electron chi connectivity index (χ3n) is 3.79. The zero-order valence-electron chi connectivity index (χ0n) is 10.7. The number of benzene rings is 1. The summed E-state index contributed by atoms with van der Waals surface area (Å²) in [7, 11) is 0. The Kier molecular flexibility index (Phi) is 2.55. The molecule has 0 aliphatic heterocycles. The maximum absolute atomic E-state index is 12.2. The van der Waals surface area contributed by atoms with Gasteiger partial charge in [-0.2, -0.15) is 0 Å². The summed E-state index contributed by atoms with van der Waals surface area (Å²) in [4.78, 5) is 12.2. The van der Waals surface area contributed by atoms with Gasteiger partial charge in [0.2, 0.25) is 0 Å². The minimum atomic E-state index is -0.00698. The van der Waals surface area contributed by atoms with Crippen molar-refractivity contribution in [2.24, 2.45) is 11.8 Å². The van der Waals surface area contributed by atoms with Gasteiger partial charge in [0.25, 0.3) is 0 Å². The van der Waals surface area contributed by atoms with Gasteiger partial charge >= 0.3 is 0 Å². The fourth-order valence-electron chi connectivity index (χ4n) is 2.99. The van der Waals surface area contributed by atoms with Crippen molar-refractivity contribution in [3.63, 3.8) is 0 Å². The van der Waals surface area contributed by atoms with Crippen LogP contribution in [-0.4, -0.2) is 5.78 Å². The van der Waals surface area contributed by atoms with Gasteiger partial charge in [-0.05, 0) is 36.6 Å². The lowest BCUT2D eigenvalue weighted by atomic mass is 9.77. The van der Waals surface area contributed by atoms with E-state index in [1.165, 1.54) is 11.1 Å². The van der Waals surface area contributed by atoms with Gasteiger partial charge in [-0.25, -0.2) is 0 Å². The summed E-state index contributed by atoms with van der Waals surface area (Å²) < 4.78 is 0. The highest BCUT2D eigenvalue weighted by atomic mass is 16.1. The molecular weight excluding hydrogens is 220 g/mol. The number of carbonyl (C=O) groups is 1.